The van der Waals surface area contributed by atoms with E-state index in [0.717, 1.165) is 23.2 Å². The van der Waals surface area contributed by atoms with Gasteiger partial charge in [-0.05, 0) is 32.2 Å². The van der Waals surface area contributed by atoms with Gasteiger partial charge in [0.2, 0.25) is 5.91 Å². The molecule has 1 saturated carbocycles. The van der Waals surface area contributed by atoms with Crippen molar-refractivity contribution in [3.05, 3.63) is 16.1 Å². The van der Waals surface area contributed by atoms with Crippen molar-refractivity contribution >= 4 is 17.2 Å². The van der Waals surface area contributed by atoms with Crippen molar-refractivity contribution in [3.8, 4) is 0 Å². The molecule has 0 aromatic carbocycles. The lowest BCUT2D eigenvalue weighted by Gasteiger charge is -2.12. The Morgan fingerprint density at radius 3 is 3.00 bits per heavy atom. The largest absolute Gasteiger partial charge is 0.368 e. The van der Waals surface area contributed by atoms with Crippen molar-refractivity contribution in [3.63, 3.8) is 0 Å². The quantitative estimate of drug-likeness (QED) is 0.785. The van der Waals surface area contributed by atoms with Crippen LogP contribution in [0, 0.1) is 12.8 Å². The first-order valence-corrected chi connectivity index (χ1v) is 5.99. The van der Waals surface area contributed by atoms with Crippen LogP contribution >= 0.6 is 11.3 Å². The van der Waals surface area contributed by atoms with Gasteiger partial charge in [-0.3, -0.25) is 4.79 Å². The smallest absolute Gasteiger partial charge is 0.240 e. The average Bonchev–Trinajstić information content (AvgIpc) is 2.89. The number of amides is 1. The normalized spacial score (nSPS) is 17.7. The van der Waals surface area contributed by atoms with Gasteiger partial charge in [-0.2, -0.15) is 0 Å². The van der Waals surface area contributed by atoms with Crippen LogP contribution in [0.1, 0.15) is 29.6 Å². The Kier molecular flexibility index (Phi) is 3.02. The Hall–Kier alpha value is -0.940. The fourth-order valence-electron chi connectivity index (χ4n) is 1.47. The van der Waals surface area contributed by atoms with Gasteiger partial charge in [0.05, 0.1) is 10.7 Å². The predicted octanol–water partition coefficient (Wildman–Crippen LogP) is 0.978. The van der Waals surface area contributed by atoms with E-state index in [4.69, 9.17) is 5.73 Å². The molecule has 0 radical (unpaired) electrons. The summed E-state index contributed by atoms with van der Waals surface area (Å²) >= 11 is 1.54. The number of thiazole rings is 1. The molecular weight excluding hydrogens is 210 g/mol. The van der Waals surface area contributed by atoms with Crippen LogP contribution < -0.4 is 11.1 Å². The zero-order valence-corrected chi connectivity index (χ0v) is 9.51. The fraction of sp³-hybridized carbons (Fsp3) is 0.600. The van der Waals surface area contributed by atoms with Gasteiger partial charge in [0.1, 0.15) is 6.04 Å². The summed E-state index contributed by atoms with van der Waals surface area (Å²) in [4.78, 5) is 15.6. The van der Waals surface area contributed by atoms with Crippen LogP contribution in [0.5, 0.6) is 0 Å². The maximum absolute atomic E-state index is 11.3. The summed E-state index contributed by atoms with van der Waals surface area (Å²) in [6.07, 6.45) is 2.52. The van der Waals surface area contributed by atoms with Crippen LogP contribution in [0.4, 0.5) is 0 Å². The molecule has 1 aliphatic rings. The standard InChI is InChI=1S/C10H15N3OS/c1-6-13-8(5-15-6)9(10(11)14)12-4-7-2-3-7/h5,7,9,12H,2-4H2,1H3,(H2,11,14). The summed E-state index contributed by atoms with van der Waals surface area (Å²) in [6.45, 7) is 2.79. The topological polar surface area (TPSA) is 68.0 Å². The highest BCUT2D eigenvalue weighted by molar-refractivity contribution is 7.09. The van der Waals surface area contributed by atoms with Gasteiger partial charge in [0, 0.05) is 5.38 Å². The molecule has 5 heteroatoms. The highest BCUT2D eigenvalue weighted by Crippen LogP contribution is 2.28. The molecule has 1 fully saturated rings. The van der Waals surface area contributed by atoms with E-state index in [0.29, 0.717) is 0 Å². The first-order valence-electron chi connectivity index (χ1n) is 5.11. The molecule has 2 rings (SSSR count). The number of hydrogen-bond acceptors (Lipinski definition) is 4. The summed E-state index contributed by atoms with van der Waals surface area (Å²) in [6, 6.07) is -0.421. The highest BCUT2D eigenvalue weighted by Gasteiger charge is 2.25. The van der Waals surface area contributed by atoms with Crippen molar-refractivity contribution in [2.24, 2.45) is 11.7 Å². The molecule has 0 spiro atoms. The molecule has 1 aliphatic carbocycles. The Morgan fingerprint density at radius 1 is 1.80 bits per heavy atom. The molecule has 0 saturated heterocycles. The number of primary amides is 1. The van der Waals surface area contributed by atoms with Crippen LogP contribution in [-0.2, 0) is 4.79 Å². The lowest BCUT2D eigenvalue weighted by atomic mass is 10.2. The minimum atomic E-state index is -0.421. The van der Waals surface area contributed by atoms with Gasteiger partial charge in [0.25, 0.3) is 0 Å². The number of aryl methyl sites for hydroxylation is 1. The molecule has 0 aliphatic heterocycles. The molecule has 0 bridgehead atoms. The minimum absolute atomic E-state index is 0.346. The molecule has 3 N–H and O–H groups in total. The number of carbonyl (C=O) groups excluding carboxylic acids is 1. The molecule has 1 unspecified atom stereocenters. The lowest BCUT2D eigenvalue weighted by molar-refractivity contribution is -0.120. The van der Waals surface area contributed by atoms with E-state index >= 15 is 0 Å². The number of nitrogens with two attached hydrogens (primary N) is 1. The molecule has 1 heterocycles. The van der Waals surface area contributed by atoms with E-state index in [2.05, 4.69) is 10.3 Å². The molecule has 1 aromatic rings. The lowest BCUT2D eigenvalue weighted by Crippen LogP contribution is -2.35. The van der Waals surface area contributed by atoms with E-state index in [1.807, 2.05) is 12.3 Å². The monoisotopic (exact) mass is 225 g/mol. The average molecular weight is 225 g/mol. The Labute approximate surface area is 92.9 Å². The number of nitrogens with zero attached hydrogens (tertiary/aromatic N) is 1. The third-order valence-corrected chi connectivity index (χ3v) is 3.32. The van der Waals surface area contributed by atoms with Crippen molar-refractivity contribution in [2.45, 2.75) is 25.8 Å². The van der Waals surface area contributed by atoms with Gasteiger partial charge in [-0.1, -0.05) is 0 Å². The molecule has 1 amide bonds. The van der Waals surface area contributed by atoms with Gasteiger partial charge in [-0.25, -0.2) is 4.98 Å². The van der Waals surface area contributed by atoms with Crippen molar-refractivity contribution in [2.75, 3.05) is 6.54 Å². The summed E-state index contributed by atoms with van der Waals surface area (Å²) in [5, 5.41) is 6.04. The first-order chi connectivity index (χ1) is 7.16. The fourth-order valence-corrected chi connectivity index (χ4v) is 2.11. The number of carbonyl (C=O) groups is 1. The zero-order valence-electron chi connectivity index (χ0n) is 8.69. The third-order valence-electron chi connectivity index (χ3n) is 2.52. The van der Waals surface area contributed by atoms with E-state index in [-0.39, 0.29) is 5.91 Å². The van der Waals surface area contributed by atoms with E-state index in [1.54, 1.807) is 11.3 Å². The third kappa shape index (κ3) is 2.76. The van der Waals surface area contributed by atoms with Gasteiger partial charge >= 0.3 is 0 Å². The van der Waals surface area contributed by atoms with E-state index < -0.39 is 6.04 Å². The Balaban J connectivity index is 2.01. The van der Waals surface area contributed by atoms with Gasteiger partial charge in [-0.15, -0.1) is 11.3 Å². The van der Waals surface area contributed by atoms with E-state index in [9.17, 15) is 4.79 Å². The summed E-state index contributed by atoms with van der Waals surface area (Å²) in [7, 11) is 0. The maximum atomic E-state index is 11.3. The van der Waals surface area contributed by atoms with E-state index in [1.165, 1.54) is 12.8 Å². The van der Waals surface area contributed by atoms with Gasteiger partial charge < -0.3 is 11.1 Å². The number of aromatic nitrogens is 1. The highest BCUT2D eigenvalue weighted by atomic mass is 32.1. The summed E-state index contributed by atoms with van der Waals surface area (Å²) < 4.78 is 0. The van der Waals surface area contributed by atoms with Crippen LogP contribution in [0.15, 0.2) is 5.38 Å². The summed E-state index contributed by atoms with van der Waals surface area (Å²) in [5.74, 6) is 0.382. The minimum Gasteiger partial charge on any atom is -0.368 e. The molecule has 1 aromatic heterocycles. The zero-order chi connectivity index (χ0) is 10.8. The van der Waals surface area contributed by atoms with Crippen molar-refractivity contribution < 1.29 is 4.79 Å². The van der Waals surface area contributed by atoms with Crippen molar-refractivity contribution in [1.29, 1.82) is 0 Å². The second kappa shape index (κ2) is 4.28. The number of hydrogen-bond donors (Lipinski definition) is 2. The molecule has 4 nitrogen and oxygen atoms in total. The number of rotatable bonds is 5. The molecule has 1 atom stereocenters. The second-order valence-electron chi connectivity index (χ2n) is 3.98. The maximum Gasteiger partial charge on any atom is 0.240 e. The first kappa shape index (κ1) is 10.6. The van der Waals surface area contributed by atoms with Crippen LogP contribution in [0.25, 0.3) is 0 Å². The predicted molar refractivity (Wildman–Crippen MR) is 59.5 cm³/mol. The Bertz CT molecular complexity index is 359. The van der Waals surface area contributed by atoms with Gasteiger partial charge in [0.15, 0.2) is 0 Å². The van der Waals surface area contributed by atoms with Crippen molar-refractivity contribution in [1.82, 2.24) is 10.3 Å². The summed E-state index contributed by atoms with van der Waals surface area (Å²) in [5.41, 5.74) is 6.10. The SMILES string of the molecule is Cc1nc(C(NCC2CC2)C(N)=O)cs1. The molecule has 82 valence electrons. The van der Waals surface area contributed by atoms with Crippen LogP contribution in [0.2, 0.25) is 0 Å². The van der Waals surface area contributed by atoms with Crippen LogP contribution in [-0.4, -0.2) is 17.4 Å². The second-order valence-corrected chi connectivity index (χ2v) is 5.04. The van der Waals surface area contributed by atoms with Crippen LogP contribution in [0.3, 0.4) is 0 Å². The Morgan fingerprint density at radius 2 is 2.53 bits per heavy atom. The molecule has 15 heavy (non-hydrogen) atoms. The number of nitrogens with one attached hydrogen (secondary N) is 1. The molecular formula is C10H15N3OS.